The number of anilines is 1. The molecule has 3 aromatic carbocycles. The number of ketones is 1. The number of ether oxygens (including phenoxy) is 1. The van der Waals surface area contributed by atoms with Crippen LogP contribution < -0.4 is 9.64 Å². The first kappa shape index (κ1) is 24.4. The molecule has 0 N–H and O–H groups in total. The number of Topliss-reactive ketones (excluding diaryl/α,β-unsaturated/α-hetero) is 1. The van der Waals surface area contributed by atoms with Gasteiger partial charge in [-0.3, -0.25) is 19.2 Å². The van der Waals surface area contributed by atoms with Crippen LogP contribution >= 0.6 is 23.2 Å². The molecule has 2 saturated heterocycles. The SMILES string of the molecule is CC(=O)Oc1ccc(C(=O)C2C3C(=O)N(c4ccc(Cl)cc4Cl)C(=O)C3C3c4ccccc4C=CN23)cc1. The van der Waals surface area contributed by atoms with E-state index >= 15 is 0 Å². The lowest BCUT2D eigenvalue weighted by molar-refractivity contribution is -0.132. The van der Waals surface area contributed by atoms with Crippen LogP contribution in [0.2, 0.25) is 10.0 Å². The summed E-state index contributed by atoms with van der Waals surface area (Å²) in [6.07, 6.45) is 3.68. The zero-order valence-corrected chi connectivity index (χ0v) is 21.5. The lowest BCUT2D eigenvalue weighted by Gasteiger charge is -2.35. The van der Waals surface area contributed by atoms with Crippen LogP contribution in [0.3, 0.4) is 0 Å². The normalized spacial score (nSPS) is 23.2. The molecule has 190 valence electrons. The molecule has 0 aromatic heterocycles. The van der Waals surface area contributed by atoms with E-state index in [1.54, 1.807) is 30.5 Å². The molecular weight excluding hydrogens is 527 g/mol. The minimum absolute atomic E-state index is 0.170. The molecule has 0 aliphatic carbocycles. The molecule has 2 amide bonds. The fourth-order valence-electron chi connectivity index (χ4n) is 5.78. The maximum absolute atomic E-state index is 14.0. The quantitative estimate of drug-likeness (QED) is 0.190. The molecule has 2 fully saturated rings. The summed E-state index contributed by atoms with van der Waals surface area (Å²) in [4.78, 5) is 56.1. The van der Waals surface area contributed by atoms with Crippen LogP contribution in [-0.4, -0.2) is 34.5 Å². The lowest BCUT2D eigenvalue weighted by Crippen LogP contribution is -2.44. The second kappa shape index (κ2) is 9.11. The van der Waals surface area contributed by atoms with E-state index < -0.39 is 41.7 Å². The number of fused-ring (bicyclic) bond motifs is 5. The predicted octanol–water partition coefficient (Wildman–Crippen LogP) is 5.32. The Labute approximate surface area is 228 Å². The van der Waals surface area contributed by atoms with E-state index in [4.69, 9.17) is 27.9 Å². The number of benzene rings is 3. The number of carbonyl (C=O) groups is 4. The van der Waals surface area contributed by atoms with Crippen molar-refractivity contribution < 1.29 is 23.9 Å². The summed E-state index contributed by atoms with van der Waals surface area (Å²) in [6.45, 7) is 1.29. The van der Waals surface area contributed by atoms with Gasteiger partial charge in [-0.2, -0.15) is 0 Å². The number of amides is 2. The van der Waals surface area contributed by atoms with Gasteiger partial charge in [0.2, 0.25) is 11.8 Å². The molecule has 4 unspecified atom stereocenters. The van der Waals surface area contributed by atoms with E-state index in [9.17, 15) is 19.2 Å². The largest absolute Gasteiger partial charge is 0.427 e. The molecular formula is C29H20Cl2N2O5. The number of carbonyl (C=O) groups excluding carboxylic acids is 4. The number of hydrogen-bond donors (Lipinski definition) is 0. The summed E-state index contributed by atoms with van der Waals surface area (Å²) in [7, 11) is 0. The molecule has 4 atom stereocenters. The second-order valence-electron chi connectivity index (χ2n) is 9.42. The average Bonchev–Trinajstić information content (AvgIpc) is 3.36. The molecule has 0 spiro atoms. The van der Waals surface area contributed by atoms with Crippen LogP contribution in [0.5, 0.6) is 5.75 Å². The molecule has 38 heavy (non-hydrogen) atoms. The van der Waals surface area contributed by atoms with Crippen LogP contribution in [0.15, 0.2) is 72.9 Å². The predicted molar refractivity (Wildman–Crippen MR) is 142 cm³/mol. The van der Waals surface area contributed by atoms with Gasteiger partial charge in [-0.25, -0.2) is 4.90 Å². The number of esters is 1. The third-order valence-electron chi connectivity index (χ3n) is 7.28. The van der Waals surface area contributed by atoms with Gasteiger partial charge in [0.05, 0.1) is 28.6 Å². The summed E-state index contributed by atoms with van der Waals surface area (Å²) in [5.41, 5.74) is 2.37. The Morgan fingerprint density at radius 3 is 2.32 bits per heavy atom. The van der Waals surface area contributed by atoms with Gasteiger partial charge in [-0.15, -0.1) is 0 Å². The van der Waals surface area contributed by atoms with E-state index in [0.29, 0.717) is 16.3 Å². The van der Waals surface area contributed by atoms with Crippen LogP contribution in [0.4, 0.5) is 5.69 Å². The van der Waals surface area contributed by atoms with Gasteiger partial charge < -0.3 is 9.64 Å². The van der Waals surface area contributed by atoms with Crippen molar-refractivity contribution >= 4 is 58.5 Å². The zero-order chi connectivity index (χ0) is 26.7. The highest BCUT2D eigenvalue weighted by Gasteiger charge is 2.64. The third kappa shape index (κ3) is 3.73. The van der Waals surface area contributed by atoms with Gasteiger partial charge in [0.25, 0.3) is 0 Å². The number of hydrogen-bond acceptors (Lipinski definition) is 6. The zero-order valence-electron chi connectivity index (χ0n) is 20.0. The molecule has 3 heterocycles. The number of rotatable bonds is 4. The molecule has 7 nitrogen and oxygen atoms in total. The fraction of sp³-hybridized carbons (Fsp3) is 0.172. The first-order valence-electron chi connectivity index (χ1n) is 12.0. The molecule has 3 aliphatic rings. The van der Waals surface area contributed by atoms with Gasteiger partial charge in [-0.1, -0.05) is 47.5 Å². The molecule has 6 rings (SSSR count). The van der Waals surface area contributed by atoms with E-state index in [2.05, 4.69) is 0 Å². The maximum atomic E-state index is 14.0. The maximum Gasteiger partial charge on any atom is 0.308 e. The van der Waals surface area contributed by atoms with Gasteiger partial charge in [-0.05, 0) is 59.7 Å². The topological polar surface area (TPSA) is 84.0 Å². The van der Waals surface area contributed by atoms with E-state index in [1.807, 2.05) is 35.2 Å². The van der Waals surface area contributed by atoms with Crippen molar-refractivity contribution in [2.24, 2.45) is 11.8 Å². The number of nitrogens with zero attached hydrogens (tertiary/aromatic N) is 2. The van der Waals surface area contributed by atoms with Crippen LogP contribution in [0.25, 0.3) is 6.08 Å². The molecule has 0 bridgehead atoms. The highest BCUT2D eigenvalue weighted by atomic mass is 35.5. The lowest BCUT2D eigenvalue weighted by atomic mass is 9.83. The summed E-state index contributed by atoms with van der Waals surface area (Å²) < 4.78 is 5.08. The van der Waals surface area contributed by atoms with Crippen LogP contribution in [0.1, 0.15) is 34.5 Å². The van der Waals surface area contributed by atoms with Crippen molar-refractivity contribution in [3.63, 3.8) is 0 Å². The summed E-state index contributed by atoms with van der Waals surface area (Å²) in [5, 5.41) is 0.546. The minimum atomic E-state index is -0.935. The second-order valence-corrected chi connectivity index (χ2v) is 10.3. The van der Waals surface area contributed by atoms with Crippen molar-refractivity contribution in [1.29, 1.82) is 0 Å². The van der Waals surface area contributed by atoms with Crippen LogP contribution in [0, 0.1) is 11.8 Å². The van der Waals surface area contributed by atoms with E-state index in [0.717, 1.165) is 16.0 Å². The Hall–Kier alpha value is -3.94. The highest BCUT2D eigenvalue weighted by Crippen LogP contribution is 2.54. The van der Waals surface area contributed by atoms with Gasteiger partial charge in [0.15, 0.2) is 5.78 Å². The monoisotopic (exact) mass is 546 g/mol. The highest BCUT2D eigenvalue weighted by molar-refractivity contribution is 6.38. The Balaban J connectivity index is 1.45. The Kier molecular flexibility index (Phi) is 5.85. The fourth-order valence-corrected chi connectivity index (χ4v) is 6.27. The summed E-state index contributed by atoms with van der Waals surface area (Å²) in [6, 6.07) is 17.0. The van der Waals surface area contributed by atoms with E-state index in [1.165, 1.54) is 25.1 Å². The third-order valence-corrected chi connectivity index (χ3v) is 7.82. The standard InChI is InChI=1S/C29H20Cl2N2O5/c1-15(34)38-19-9-6-17(7-10-19)27(35)26-24-23(25-20-5-3-2-4-16(20)12-13-32(25)26)28(36)33(29(24)37)22-11-8-18(30)14-21(22)31/h2-14,23-26H,1H3. The van der Waals surface area contributed by atoms with Gasteiger partial charge >= 0.3 is 5.97 Å². The average molecular weight is 547 g/mol. The van der Waals surface area contributed by atoms with Gasteiger partial charge in [0, 0.05) is 23.7 Å². The van der Waals surface area contributed by atoms with Crippen molar-refractivity contribution in [3.05, 3.63) is 99.7 Å². The molecule has 0 radical (unpaired) electrons. The molecule has 9 heteroatoms. The minimum Gasteiger partial charge on any atom is -0.427 e. The van der Waals surface area contributed by atoms with Crippen molar-refractivity contribution in [1.82, 2.24) is 4.90 Å². The van der Waals surface area contributed by atoms with Crippen molar-refractivity contribution in [2.45, 2.75) is 19.0 Å². The first-order valence-corrected chi connectivity index (χ1v) is 12.7. The van der Waals surface area contributed by atoms with Crippen molar-refractivity contribution in [3.8, 4) is 5.75 Å². The van der Waals surface area contributed by atoms with Gasteiger partial charge in [0.1, 0.15) is 11.8 Å². The number of halogens is 2. The van der Waals surface area contributed by atoms with E-state index in [-0.39, 0.29) is 16.5 Å². The Bertz CT molecular complexity index is 1550. The molecule has 3 aliphatic heterocycles. The Morgan fingerprint density at radius 2 is 1.61 bits per heavy atom. The summed E-state index contributed by atoms with van der Waals surface area (Å²) >= 11 is 12.5. The number of imide groups is 1. The van der Waals surface area contributed by atoms with Crippen molar-refractivity contribution in [2.75, 3.05) is 4.90 Å². The smallest absolute Gasteiger partial charge is 0.308 e. The first-order chi connectivity index (χ1) is 18.3. The summed E-state index contributed by atoms with van der Waals surface area (Å²) in [5.74, 6) is -3.11. The Morgan fingerprint density at radius 1 is 0.895 bits per heavy atom. The molecule has 3 aromatic rings. The molecule has 0 saturated carbocycles. The van der Waals surface area contributed by atoms with Crippen LogP contribution in [-0.2, 0) is 14.4 Å².